The second kappa shape index (κ2) is 9.28. The van der Waals surface area contributed by atoms with Gasteiger partial charge in [-0.2, -0.15) is 0 Å². The minimum atomic E-state index is 0.673. The summed E-state index contributed by atoms with van der Waals surface area (Å²) in [6.45, 7) is 0. The van der Waals surface area contributed by atoms with Gasteiger partial charge in [-0.05, 0) is 47.2 Å². The second-order valence-electron chi connectivity index (χ2n) is 10.5. The highest BCUT2D eigenvalue weighted by Gasteiger charge is 2.17. The van der Waals surface area contributed by atoms with Gasteiger partial charge in [-0.15, -0.1) is 22.7 Å². The molecule has 42 heavy (non-hydrogen) atoms. The van der Waals surface area contributed by atoms with Gasteiger partial charge in [0.1, 0.15) is 0 Å². The molecule has 0 atom stereocenters. The zero-order valence-electron chi connectivity index (χ0n) is 22.3. The molecule has 0 unspecified atom stereocenters. The van der Waals surface area contributed by atoms with Gasteiger partial charge in [0.05, 0.1) is 0 Å². The fraction of sp³-hybridized carbons (Fsp3) is 0. The molecule has 6 aromatic carbocycles. The van der Waals surface area contributed by atoms with Gasteiger partial charge in [-0.3, -0.25) is 0 Å². The molecule has 0 bridgehead atoms. The Bertz CT molecular complexity index is 2470. The minimum absolute atomic E-state index is 0.673. The number of aromatic nitrogens is 3. The van der Waals surface area contributed by atoms with E-state index in [-0.39, 0.29) is 0 Å². The molecular formula is C37H21N3S2. The lowest BCUT2D eigenvalue weighted by atomic mass is 10.0. The maximum Gasteiger partial charge on any atom is 0.164 e. The number of fused-ring (bicyclic) bond motifs is 7. The van der Waals surface area contributed by atoms with E-state index < -0.39 is 0 Å². The summed E-state index contributed by atoms with van der Waals surface area (Å²) >= 11 is 3.65. The fourth-order valence-electron chi connectivity index (χ4n) is 5.91. The van der Waals surface area contributed by atoms with Crippen LogP contribution >= 0.6 is 22.7 Å². The van der Waals surface area contributed by atoms with Crippen LogP contribution in [-0.4, -0.2) is 15.0 Å². The first-order chi connectivity index (χ1) is 20.8. The van der Waals surface area contributed by atoms with Gasteiger partial charge in [0.2, 0.25) is 0 Å². The van der Waals surface area contributed by atoms with Crippen molar-refractivity contribution in [2.24, 2.45) is 0 Å². The van der Waals surface area contributed by atoms with Crippen LogP contribution in [0.15, 0.2) is 127 Å². The second-order valence-corrected chi connectivity index (χ2v) is 12.6. The third kappa shape index (κ3) is 3.75. The van der Waals surface area contributed by atoms with Gasteiger partial charge in [0, 0.05) is 57.0 Å². The smallest absolute Gasteiger partial charge is 0.164 e. The quantitative estimate of drug-likeness (QED) is 0.212. The molecule has 0 N–H and O–H groups in total. The predicted octanol–water partition coefficient (Wildman–Crippen LogP) is 10.8. The molecule has 0 fully saturated rings. The highest BCUT2D eigenvalue weighted by atomic mass is 32.1. The van der Waals surface area contributed by atoms with Crippen molar-refractivity contribution in [1.82, 2.24) is 15.0 Å². The Morgan fingerprint density at radius 3 is 1.90 bits per heavy atom. The zero-order valence-corrected chi connectivity index (χ0v) is 23.9. The summed E-state index contributed by atoms with van der Waals surface area (Å²) in [5, 5.41) is 7.41. The summed E-state index contributed by atoms with van der Waals surface area (Å²) in [5.41, 5.74) is 2.97. The van der Waals surface area contributed by atoms with Crippen LogP contribution < -0.4 is 0 Å². The van der Waals surface area contributed by atoms with Crippen LogP contribution in [-0.2, 0) is 0 Å². The first-order valence-electron chi connectivity index (χ1n) is 13.9. The molecule has 0 aliphatic carbocycles. The van der Waals surface area contributed by atoms with Crippen molar-refractivity contribution in [3.63, 3.8) is 0 Å². The van der Waals surface area contributed by atoms with Crippen LogP contribution in [0, 0.1) is 0 Å². The molecule has 0 saturated heterocycles. The third-order valence-corrected chi connectivity index (χ3v) is 10.2. The molecule has 3 heterocycles. The zero-order chi connectivity index (χ0) is 27.6. The van der Waals surface area contributed by atoms with Crippen LogP contribution in [0.2, 0.25) is 0 Å². The molecule has 0 amide bonds. The Morgan fingerprint density at radius 2 is 1.05 bits per heavy atom. The Balaban J connectivity index is 1.28. The standard InChI is InChI=1S/C37H21N3S2/c1-2-9-22(10-3-1)35-38-36(40-37(39-35)28-13-8-16-32-34(28)27-12-5-7-15-31(27)41-32)24-18-17-23-21-33-29(20-25(23)19-24)26-11-4-6-14-30(26)42-33/h1-21H. The molecule has 0 aliphatic heterocycles. The molecule has 5 heteroatoms. The van der Waals surface area contributed by atoms with E-state index in [2.05, 4.69) is 109 Å². The first-order valence-corrected chi connectivity index (χ1v) is 15.5. The molecule has 196 valence electrons. The van der Waals surface area contributed by atoms with E-state index in [0.29, 0.717) is 17.5 Å². The summed E-state index contributed by atoms with van der Waals surface area (Å²) in [4.78, 5) is 15.2. The van der Waals surface area contributed by atoms with E-state index in [9.17, 15) is 0 Å². The Morgan fingerprint density at radius 1 is 0.381 bits per heavy atom. The molecule has 9 aromatic rings. The van der Waals surface area contributed by atoms with Crippen LogP contribution in [0.1, 0.15) is 0 Å². The van der Waals surface area contributed by atoms with E-state index in [1.165, 1.54) is 51.1 Å². The largest absolute Gasteiger partial charge is 0.208 e. The summed E-state index contributed by atoms with van der Waals surface area (Å²) in [7, 11) is 0. The lowest BCUT2D eigenvalue weighted by Gasteiger charge is -2.10. The number of rotatable bonds is 3. The third-order valence-electron chi connectivity index (χ3n) is 7.90. The van der Waals surface area contributed by atoms with E-state index in [1.807, 2.05) is 29.5 Å². The van der Waals surface area contributed by atoms with Crippen LogP contribution in [0.5, 0.6) is 0 Å². The van der Waals surface area contributed by atoms with Crippen molar-refractivity contribution in [1.29, 1.82) is 0 Å². The molecule has 3 nitrogen and oxygen atoms in total. The number of benzene rings is 6. The molecular weight excluding hydrogens is 551 g/mol. The number of thiophene rings is 2. The van der Waals surface area contributed by atoms with Crippen LogP contribution in [0.25, 0.3) is 85.3 Å². The SMILES string of the molecule is c1ccc(-c2nc(-c3ccc4cc5sc6ccccc6c5cc4c3)nc(-c3cccc4sc5ccccc5c34)n2)cc1. The van der Waals surface area contributed by atoms with Gasteiger partial charge in [-0.25, -0.2) is 15.0 Å². The highest BCUT2D eigenvalue weighted by molar-refractivity contribution is 7.26. The maximum atomic E-state index is 5.13. The monoisotopic (exact) mass is 571 g/mol. The summed E-state index contributed by atoms with van der Waals surface area (Å²) in [6, 6.07) is 45.0. The Kier molecular flexibility index (Phi) is 5.24. The van der Waals surface area contributed by atoms with Crippen molar-refractivity contribution in [3.05, 3.63) is 127 Å². The minimum Gasteiger partial charge on any atom is -0.208 e. The van der Waals surface area contributed by atoms with Crippen LogP contribution in [0.3, 0.4) is 0 Å². The maximum absolute atomic E-state index is 5.13. The molecule has 0 saturated carbocycles. The summed E-state index contributed by atoms with van der Waals surface area (Å²) in [6.07, 6.45) is 0. The molecule has 9 rings (SSSR count). The number of hydrogen-bond acceptors (Lipinski definition) is 5. The van der Waals surface area contributed by atoms with Crippen LogP contribution in [0.4, 0.5) is 0 Å². The summed E-state index contributed by atoms with van der Waals surface area (Å²) in [5.74, 6) is 2.03. The molecule has 3 aromatic heterocycles. The average Bonchev–Trinajstić information content (AvgIpc) is 3.61. The summed E-state index contributed by atoms with van der Waals surface area (Å²) < 4.78 is 5.11. The lowest BCUT2D eigenvalue weighted by molar-refractivity contribution is 1.08. The Labute approximate surface area is 249 Å². The van der Waals surface area contributed by atoms with Crippen molar-refractivity contribution in [3.8, 4) is 34.2 Å². The van der Waals surface area contributed by atoms with E-state index in [1.54, 1.807) is 11.3 Å². The molecule has 0 aliphatic rings. The number of hydrogen-bond donors (Lipinski definition) is 0. The molecule has 0 radical (unpaired) electrons. The van der Waals surface area contributed by atoms with Crippen molar-refractivity contribution in [2.45, 2.75) is 0 Å². The highest BCUT2D eigenvalue weighted by Crippen LogP contribution is 2.40. The van der Waals surface area contributed by atoms with Gasteiger partial charge in [0.15, 0.2) is 17.5 Å². The van der Waals surface area contributed by atoms with Crippen molar-refractivity contribution < 1.29 is 0 Å². The average molecular weight is 572 g/mol. The topological polar surface area (TPSA) is 38.7 Å². The first kappa shape index (κ1) is 23.7. The predicted molar refractivity (Wildman–Crippen MR) is 179 cm³/mol. The van der Waals surface area contributed by atoms with Crippen molar-refractivity contribution >= 4 is 73.8 Å². The molecule has 0 spiro atoms. The van der Waals surface area contributed by atoms with Gasteiger partial charge >= 0.3 is 0 Å². The van der Waals surface area contributed by atoms with Gasteiger partial charge < -0.3 is 0 Å². The Hall–Kier alpha value is -4.97. The van der Waals surface area contributed by atoms with Gasteiger partial charge in [0.25, 0.3) is 0 Å². The normalized spacial score (nSPS) is 11.8. The fourth-order valence-corrected chi connectivity index (χ4v) is 8.18. The van der Waals surface area contributed by atoms with Gasteiger partial charge in [-0.1, -0.05) is 91.0 Å². The lowest BCUT2D eigenvalue weighted by Crippen LogP contribution is -2.00. The van der Waals surface area contributed by atoms with E-state index in [0.717, 1.165) is 16.7 Å². The number of nitrogens with zero attached hydrogens (tertiary/aromatic N) is 3. The van der Waals surface area contributed by atoms with Crippen molar-refractivity contribution in [2.75, 3.05) is 0 Å². The van der Waals surface area contributed by atoms with E-state index >= 15 is 0 Å². The van der Waals surface area contributed by atoms with E-state index in [4.69, 9.17) is 15.0 Å².